The summed E-state index contributed by atoms with van der Waals surface area (Å²) in [5.74, 6) is 0. The van der Waals surface area contributed by atoms with E-state index in [0.717, 1.165) is 50.2 Å². The monoisotopic (exact) mass is 301 g/mol. The maximum Gasteiger partial charge on any atom is 0.183 e. The predicted octanol–water partition coefficient (Wildman–Crippen LogP) is 3.56. The highest BCUT2D eigenvalue weighted by molar-refractivity contribution is 7.15. The second kappa shape index (κ2) is 12.1. The first-order valence-electron chi connectivity index (χ1n) is 7.74. The molecule has 0 radical (unpaired) electrons. The summed E-state index contributed by atoms with van der Waals surface area (Å²) >= 11 is 1.74. The minimum atomic E-state index is 0.871. The van der Waals surface area contributed by atoms with E-state index in [4.69, 9.17) is 4.74 Å². The van der Waals surface area contributed by atoms with Crippen molar-refractivity contribution in [3.63, 3.8) is 0 Å². The summed E-state index contributed by atoms with van der Waals surface area (Å²) in [6, 6.07) is 0. The first-order chi connectivity index (χ1) is 9.75. The SMILES string of the molecule is CC.CC.Cc1nc(NCCN2CCOCC2)sc1C. The fourth-order valence-electron chi connectivity index (χ4n) is 1.69. The van der Waals surface area contributed by atoms with E-state index < -0.39 is 0 Å². The van der Waals surface area contributed by atoms with Crippen molar-refractivity contribution in [2.75, 3.05) is 44.7 Å². The van der Waals surface area contributed by atoms with Crippen LogP contribution >= 0.6 is 11.3 Å². The van der Waals surface area contributed by atoms with Crippen LogP contribution in [0.1, 0.15) is 38.3 Å². The second-order valence-electron chi connectivity index (χ2n) is 4.04. The Balaban J connectivity index is 0.000000829. The van der Waals surface area contributed by atoms with Gasteiger partial charge >= 0.3 is 0 Å². The predicted molar refractivity (Wildman–Crippen MR) is 90.0 cm³/mol. The fraction of sp³-hybridized carbons (Fsp3) is 0.800. The fourth-order valence-corrected chi connectivity index (χ4v) is 2.53. The first-order valence-corrected chi connectivity index (χ1v) is 8.55. The average molecular weight is 301 g/mol. The van der Waals surface area contributed by atoms with Crippen molar-refractivity contribution >= 4 is 16.5 Å². The average Bonchev–Trinajstić information content (AvgIpc) is 2.83. The van der Waals surface area contributed by atoms with E-state index in [1.54, 1.807) is 11.3 Å². The van der Waals surface area contributed by atoms with Gasteiger partial charge in [0.05, 0.1) is 18.9 Å². The number of aromatic nitrogens is 1. The molecule has 0 aliphatic carbocycles. The van der Waals surface area contributed by atoms with E-state index in [-0.39, 0.29) is 0 Å². The van der Waals surface area contributed by atoms with Crippen molar-refractivity contribution < 1.29 is 4.74 Å². The molecular formula is C15H31N3OS. The lowest BCUT2D eigenvalue weighted by Crippen LogP contribution is -2.38. The van der Waals surface area contributed by atoms with Crippen molar-refractivity contribution in [2.24, 2.45) is 0 Å². The van der Waals surface area contributed by atoms with Crippen LogP contribution in [0.3, 0.4) is 0 Å². The Hall–Kier alpha value is -0.650. The lowest BCUT2D eigenvalue weighted by atomic mass is 10.4. The molecule has 0 atom stereocenters. The summed E-state index contributed by atoms with van der Waals surface area (Å²) in [5.41, 5.74) is 1.14. The third-order valence-corrected chi connectivity index (χ3v) is 3.87. The third kappa shape index (κ3) is 7.22. The first kappa shape index (κ1) is 19.4. The van der Waals surface area contributed by atoms with Crippen molar-refractivity contribution in [1.82, 2.24) is 9.88 Å². The van der Waals surface area contributed by atoms with Gasteiger partial charge in [0, 0.05) is 31.1 Å². The molecule has 2 heterocycles. The number of nitrogens with one attached hydrogen (secondary N) is 1. The van der Waals surface area contributed by atoms with E-state index in [1.165, 1.54) is 4.88 Å². The number of aryl methyl sites for hydroxylation is 2. The van der Waals surface area contributed by atoms with Crippen molar-refractivity contribution in [3.8, 4) is 0 Å². The van der Waals surface area contributed by atoms with Gasteiger partial charge in [0.1, 0.15) is 0 Å². The lowest BCUT2D eigenvalue weighted by molar-refractivity contribution is 0.0398. The number of ether oxygens (including phenoxy) is 1. The molecule has 2 rings (SSSR count). The van der Waals surface area contributed by atoms with Gasteiger partial charge < -0.3 is 10.1 Å². The molecule has 20 heavy (non-hydrogen) atoms. The Morgan fingerprint density at radius 2 is 1.75 bits per heavy atom. The van der Waals surface area contributed by atoms with Crippen LogP contribution in [0.15, 0.2) is 0 Å². The highest BCUT2D eigenvalue weighted by Crippen LogP contribution is 2.20. The van der Waals surface area contributed by atoms with Crippen LogP contribution in [0.25, 0.3) is 0 Å². The third-order valence-electron chi connectivity index (χ3n) is 2.84. The summed E-state index contributed by atoms with van der Waals surface area (Å²) in [4.78, 5) is 8.18. The van der Waals surface area contributed by atoms with Crippen LogP contribution in [0.2, 0.25) is 0 Å². The maximum absolute atomic E-state index is 5.31. The molecule has 0 spiro atoms. The largest absolute Gasteiger partial charge is 0.379 e. The zero-order valence-electron chi connectivity index (χ0n) is 14.0. The van der Waals surface area contributed by atoms with Crippen LogP contribution in [0.4, 0.5) is 5.13 Å². The Bertz CT molecular complexity index is 316. The smallest absolute Gasteiger partial charge is 0.183 e. The van der Waals surface area contributed by atoms with Crippen LogP contribution in [-0.2, 0) is 4.74 Å². The van der Waals surface area contributed by atoms with E-state index in [9.17, 15) is 0 Å². The van der Waals surface area contributed by atoms with Crippen molar-refractivity contribution in [2.45, 2.75) is 41.5 Å². The number of morpholine rings is 1. The van der Waals surface area contributed by atoms with Crippen LogP contribution in [-0.4, -0.2) is 49.3 Å². The molecule has 1 aliphatic heterocycles. The van der Waals surface area contributed by atoms with Crippen LogP contribution < -0.4 is 5.32 Å². The molecule has 0 aromatic carbocycles. The van der Waals surface area contributed by atoms with Gasteiger partial charge in [-0.1, -0.05) is 27.7 Å². The standard InChI is InChI=1S/C11H19N3OS.2C2H6/c1-9-10(2)16-11(13-9)12-3-4-14-5-7-15-8-6-14;2*1-2/h3-8H2,1-2H3,(H,12,13);2*1-2H3. The van der Waals surface area contributed by atoms with Gasteiger partial charge in [-0.15, -0.1) is 11.3 Å². The highest BCUT2D eigenvalue weighted by Gasteiger charge is 2.09. The Labute approximate surface area is 128 Å². The van der Waals surface area contributed by atoms with E-state index in [0.29, 0.717) is 0 Å². The number of hydrogen-bond donors (Lipinski definition) is 1. The van der Waals surface area contributed by atoms with Crippen LogP contribution in [0.5, 0.6) is 0 Å². The summed E-state index contributed by atoms with van der Waals surface area (Å²) < 4.78 is 5.31. The number of hydrogen-bond acceptors (Lipinski definition) is 5. The molecule has 1 saturated heterocycles. The molecule has 5 heteroatoms. The molecule has 4 nitrogen and oxygen atoms in total. The second-order valence-corrected chi connectivity index (χ2v) is 5.24. The van der Waals surface area contributed by atoms with E-state index >= 15 is 0 Å². The van der Waals surface area contributed by atoms with Gasteiger partial charge in [-0.25, -0.2) is 4.98 Å². The molecule has 0 unspecified atom stereocenters. The van der Waals surface area contributed by atoms with Gasteiger partial charge in [0.2, 0.25) is 0 Å². The molecule has 1 aromatic heterocycles. The van der Waals surface area contributed by atoms with Gasteiger partial charge in [-0.05, 0) is 13.8 Å². The number of nitrogens with zero attached hydrogens (tertiary/aromatic N) is 2. The maximum atomic E-state index is 5.31. The van der Waals surface area contributed by atoms with E-state index in [1.807, 2.05) is 27.7 Å². The van der Waals surface area contributed by atoms with Gasteiger partial charge in [0.25, 0.3) is 0 Å². The summed E-state index contributed by atoms with van der Waals surface area (Å²) in [7, 11) is 0. The minimum absolute atomic E-state index is 0.871. The normalized spacial score (nSPS) is 14.7. The molecule has 118 valence electrons. The summed E-state index contributed by atoms with van der Waals surface area (Å²) in [6.07, 6.45) is 0. The number of rotatable bonds is 4. The van der Waals surface area contributed by atoms with Gasteiger partial charge in [-0.2, -0.15) is 0 Å². The quantitative estimate of drug-likeness (QED) is 0.923. The molecule has 0 amide bonds. The molecular weight excluding hydrogens is 270 g/mol. The van der Waals surface area contributed by atoms with Crippen molar-refractivity contribution in [3.05, 3.63) is 10.6 Å². The number of thiazole rings is 1. The summed E-state index contributed by atoms with van der Waals surface area (Å²) in [6.45, 7) is 18.0. The Morgan fingerprint density at radius 3 is 2.25 bits per heavy atom. The zero-order chi connectivity index (χ0) is 15.4. The van der Waals surface area contributed by atoms with Gasteiger partial charge in [-0.3, -0.25) is 4.90 Å². The van der Waals surface area contributed by atoms with E-state index in [2.05, 4.69) is 29.0 Å². The Morgan fingerprint density at radius 1 is 1.15 bits per heavy atom. The summed E-state index contributed by atoms with van der Waals surface area (Å²) in [5, 5.41) is 4.42. The molecule has 1 fully saturated rings. The topological polar surface area (TPSA) is 37.4 Å². The molecule has 0 bridgehead atoms. The highest BCUT2D eigenvalue weighted by atomic mass is 32.1. The van der Waals surface area contributed by atoms with Crippen LogP contribution in [0, 0.1) is 13.8 Å². The zero-order valence-corrected chi connectivity index (χ0v) is 14.8. The Kier molecular flexibility index (Phi) is 11.7. The minimum Gasteiger partial charge on any atom is -0.379 e. The molecule has 1 aliphatic rings. The lowest BCUT2D eigenvalue weighted by Gasteiger charge is -2.26. The molecule has 1 aromatic rings. The number of anilines is 1. The molecule has 1 N–H and O–H groups in total. The van der Waals surface area contributed by atoms with Gasteiger partial charge in [0.15, 0.2) is 5.13 Å². The molecule has 0 saturated carbocycles. The van der Waals surface area contributed by atoms with Crippen molar-refractivity contribution in [1.29, 1.82) is 0 Å².